The lowest BCUT2D eigenvalue weighted by Crippen LogP contribution is -2.06. The zero-order chi connectivity index (χ0) is 13.9. The Morgan fingerprint density at radius 1 is 1.26 bits per heavy atom. The van der Waals surface area contributed by atoms with Crippen molar-refractivity contribution in [2.45, 2.75) is 45.1 Å². The summed E-state index contributed by atoms with van der Waals surface area (Å²) in [7, 11) is 1.80. The van der Waals surface area contributed by atoms with Gasteiger partial charge in [-0.05, 0) is 31.9 Å². The maximum absolute atomic E-state index is 12.7. The van der Waals surface area contributed by atoms with Crippen LogP contribution < -0.4 is 5.32 Å². The molecule has 2 rings (SSSR count). The molecule has 104 valence electrons. The minimum atomic E-state index is -0.142. The summed E-state index contributed by atoms with van der Waals surface area (Å²) in [5.74, 6) is 0.598. The van der Waals surface area contributed by atoms with Crippen LogP contribution in [0, 0.1) is 23.1 Å². The molecule has 1 fully saturated rings. The molecular formula is C16H23FN2. The van der Waals surface area contributed by atoms with Gasteiger partial charge in [-0.1, -0.05) is 37.5 Å². The van der Waals surface area contributed by atoms with Gasteiger partial charge in [0.1, 0.15) is 5.82 Å². The lowest BCUT2D eigenvalue weighted by atomic mass is 9.87. The van der Waals surface area contributed by atoms with Crippen molar-refractivity contribution >= 4 is 0 Å². The Morgan fingerprint density at radius 2 is 1.95 bits per heavy atom. The molecular weight excluding hydrogens is 239 g/mol. The Balaban J connectivity index is 0.000000191. The molecule has 0 radical (unpaired) electrons. The minimum Gasteiger partial charge on any atom is -0.316 e. The van der Waals surface area contributed by atoms with Crippen LogP contribution in [0.15, 0.2) is 24.3 Å². The number of hydrogen-bond donors (Lipinski definition) is 1. The first-order chi connectivity index (χ1) is 9.27. The second kappa shape index (κ2) is 9.52. The minimum absolute atomic E-state index is 0.142. The fraction of sp³-hybridized carbons (Fsp3) is 0.562. The monoisotopic (exact) mass is 262 g/mol. The average molecular weight is 262 g/mol. The third kappa shape index (κ3) is 6.35. The highest BCUT2D eigenvalue weighted by Gasteiger charge is 2.11. The highest BCUT2D eigenvalue weighted by molar-refractivity contribution is 5.16. The second-order valence-corrected chi connectivity index (χ2v) is 4.99. The van der Waals surface area contributed by atoms with E-state index in [1.54, 1.807) is 19.2 Å². The van der Waals surface area contributed by atoms with Crippen molar-refractivity contribution in [1.29, 1.82) is 5.26 Å². The molecule has 0 unspecified atom stereocenters. The molecule has 0 heterocycles. The van der Waals surface area contributed by atoms with Crippen LogP contribution in [0.3, 0.4) is 0 Å². The highest BCUT2D eigenvalue weighted by atomic mass is 19.1. The average Bonchev–Trinajstić information content (AvgIpc) is 2.44. The van der Waals surface area contributed by atoms with E-state index in [-0.39, 0.29) is 5.82 Å². The molecule has 0 bridgehead atoms. The fourth-order valence-electron chi connectivity index (χ4n) is 2.35. The van der Waals surface area contributed by atoms with Crippen molar-refractivity contribution in [3.63, 3.8) is 0 Å². The van der Waals surface area contributed by atoms with Crippen LogP contribution in [0.25, 0.3) is 0 Å². The molecule has 2 nitrogen and oxygen atoms in total. The third-order valence-corrected chi connectivity index (χ3v) is 3.43. The van der Waals surface area contributed by atoms with E-state index < -0.39 is 0 Å². The molecule has 1 aromatic rings. The van der Waals surface area contributed by atoms with Gasteiger partial charge >= 0.3 is 0 Å². The van der Waals surface area contributed by atoms with Crippen LogP contribution in [-0.2, 0) is 6.54 Å². The molecule has 1 aromatic carbocycles. The fourth-order valence-corrected chi connectivity index (χ4v) is 2.35. The molecule has 0 aliphatic heterocycles. The Labute approximate surface area is 115 Å². The van der Waals surface area contributed by atoms with Gasteiger partial charge in [0, 0.05) is 18.5 Å². The molecule has 0 spiro atoms. The number of nitrogens with one attached hydrogen (secondary N) is 1. The molecule has 19 heavy (non-hydrogen) atoms. The maximum atomic E-state index is 12.7. The van der Waals surface area contributed by atoms with Crippen LogP contribution in [0.4, 0.5) is 4.39 Å². The van der Waals surface area contributed by atoms with Crippen LogP contribution in [0.2, 0.25) is 0 Å². The van der Waals surface area contributed by atoms with E-state index in [0.29, 0.717) is 12.1 Å². The van der Waals surface area contributed by atoms with Crippen molar-refractivity contribution in [3.8, 4) is 6.07 Å². The summed E-state index contributed by atoms with van der Waals surface area (Å²) in [5.41, 5.74) is 0.713. The quantitative estimate of drug-likeness (QED) is 0.892. The first-order valence-electron chi connectivity index (χ1n) is 7.03. The van der Waals surface area contributed by atoms with Crippen LogP contribution in [0.1, 0.15) is 44.1 Å². The zero-order valence-corrected chi connectivity index (χ0v) is 11.7. The molecule has 1 aliphatic carbocycles. The number of nitriles is 1. The molecule has 1 N–H and O–H groups in total. The standard InChI is InChI=1S/C8H10FN.C8H13N/c1-10-6-7-4-2-3-5-8(7)9;9-7-6-8-4-2-1-3-5-8/h2-5,10H,6H2,1H3;8H,1-6H2. The summed E-state index contributed by atoms with van der Waals surface area (Å²) in [5, 5.41) is 11.3. The molecule has 0 atom stereocenters. The van der Waals surface area contributed by atoms with Crippen LogP contribution in [-0.4, -0.2) is 7.05 Å². The lowest BCUT2D eigenvalue weighted by molar-refractivity contribution is 0.364. The number of nitrogens with zero attached hydrogens (tertiary/aromatic N) is 1. The van der Waals surface area contributed by atoms with E-state index in [4.69, 9.17) is 5.26 Å². The Bertz CT molecular complexity index is 392. The topological polar surface area (TPSA) is 35.8 Å². The van der Waals surface area contributed by atoms with Crippen LogP contribution >= 0.6 is 0 Å². The maximum Gasteiger partial charge on any atom is 0.127 e. The van der Waals surface area contributed by atoms with Gasteiger partial charge in [0.25, 0.3) is 0 Å². The largest absolute Gasteiger partial charge is 0.316 e. The Morgan fingerprint density at radius 3 is 2.53 bits per heavy atom. The van der Waals surface area contributed by atoms with E-state index in [1.165, 1.54) is 38.2 Å². The highest BCUT2D eigenvalue weighted by Crippen LogP contribution is 2.25. The predicted octanol–water partition coefficient (Wildman–Crippen LogP) is 4.03. The molecule has 0 saturated heterocycles. The molecule has 1 saturated carbocycles. The molecule has 0 aromatic heterocycles. The molecule has 3 heteroatoms. The normalized spacial score (nSPS) is 15.2. The zero-order valence-electron chi connectivity index (χ0n) is 11.7. The number of halogens is 1. The summed E-state index contributed by atoms with van der Waals surface area (Å²) in [6.45, 7) is 0.590. The van der Waals surface area contributed by atoms with E-state index in [0.717, 1.165) is 12.3 Å². The number of hydrogen-bond acceptors (Lipinski definition) is 2. The Kier molecular flexibility index (Phi) is 7.84. The predicted molar refractivity (Wildman–Crippen MR) is 76.0 cm³/mol. The first kappa shape index (κ1) is 15.7. The lowest BCUT2D eigenvalue weighted by Gasteiger charge is -2.17. The van der Waals surface area contributed by atoms with Crippen molar-refractivity contribution in [2.24, 2.45) is 5.92 Å². The van der Waals surface area contributed by atoms with E-state index in [9.17, 15) is 4.39 Å². The van der Waals surface area contributed by atoms with Crippen molar-refractivity contribution in [3.05, 3.63) is 35.6 Å². The van der Waals surface area contributed by atoms with Crippen molar-refractivity contribution in [1.82, 2.24) is 5.32 Å². The van der Waals surface area contributed by atoms with Gasteiger partial charge in [-0.2, -0.15) is 5.26 Å². The van der Waals surface area contributed by atoms with Gasteiger partial charge in [0.2, 0.25) is 0 Å². The van der Waals surface area contributed by atoms with Gasteiger partial charge in [0.15, 0.2) is 0 Å². The molecule has 0 amide bonds. The third-order valence-electron chi connectivity index (χ3n) is 3.43. The summed E-state index contributed by atoms with van der Waals surface area (Å²) in [6, 6.07) is 8.99. The van der Waals surface area contributed by atoms with E-state index >= 15 is 0 Å². The second-order valence-electron chi connectivity index (χ2n) is 4.99. The number of rotatable bonds is 3. The van der Waals surface area contributed by atoms with Crippen LogP contribution in [0.5, 0.6) is 0 Å². The first-order valence-corrected chi connectivity index (χ1v) is 7.03. The van der Waals surface area contributed by atoms with E-state index in [2.05, 4.69) is 11.4 Å². The number of benzene rings is 1. The van der Waals surface area contributed by atoms with Crippen molar-refractivity contribution in [2.75, 3.05) is 7.05 Å². The van der Waals surface area contributed by atoms with Gasteiger partial charge < -0.3 is 5.32 Å². The van der Waals surface area contributed by atoms with Gasteiger partial charge in [0.05, 0.1) is 6.07 Å². The summed E-state index contributed by atoms with van der Waals surface area (Å²) >= 11 is 0. The summed E-state index contributed by atoms with van der Waals surface area (Å²) < 4.78 is 12.7. The summed E-state index contributed by atoms with van der Waals surface area (Å²) in [6.07, 6.45) is 7.49. The smallest absolute Gasteiger partial charge is 0.127 e. The van der Waals surface area contributed by atoms with Gasteiger partial charge in [-0.3, -0.25) is 0 Å². The van der Waals surface area contributed by atoms with Crippen molar-refractivity contribution < 1.29 is 4.39 Å². The SMILES string of the molecule is CNCc1ccccc1F.N#CCC1CCCCC1. The Hall–Kier alpha value is -1.40. The van der Waals surface area contributed by atoms with Gasteiger partial charge in [-0.15, -0.1) is 0 Å². The summed E-state index contributed by atoms with van der Waals surface area (Å²) in [4.78, 5) is 0. The molecule has 1 aliphatic rings. The van der Waals surface area contributed by atoms with E-state index in [1.807, 2.05) is 6.07 Å². The van der Waals surface area contributed by atoms with Gasteiger partial charge in [-0.25, -0.2) is 4.39 Å².